The number of fused-ring (bicyclic) bond motifs is 3. The number of hydrogen-bond donors (Lipinski definition) is 0. The van der Waals surface area contributed by atoms with Gasteiger partial charge >= 0.3 is 0 Å². The number of pyridine rings is 1. The van der Waals surface area contributed by atoms with Gasteiger partial charge in [0.05, 0.1) is 28.7 Å². The molecule has 5 nitrogen and oxygen atoms in total. The highest BCUT2D eigenvalue weighted by molar-refractivity contribution is 6.10. The Balaban J connectivity index is 1.64. The molecule has 0 radical (unpaired) electrons. The lowest BCUT2D eigenvalue weighted by atomic mass is 9.86. The van der Waals surface area contributed by atoms with Gasteiger partial charge in [0, 0.05) is 31.7 Å². The third kappa shape index (κ3) is 2.93. The van der Waals surface area contributed by atoms with Crippen molar-refractivity contribution in [2.45, 2.75) is 26.4 Å². The third-order valence-electron chi connectivity index (χ3n) is 6.43. The molecule has 1 aromatic heterocycles. The van der Waals surface area contributed by atoms with Crippen LogP contribution >= 0.6 is 0 Å². The molecule has 2 aromatic carbocycles. The van der Waals surface area contributed by atoms with E-state index in [0.717, 1.165) is 41.4 Å². The Morgan fingerprint density at radius 3 is 2.40 bits per heavy atom. The van der Waals surface area contributed by atoms with Gasteiger partial charge in [-0.15, -0.1) is 0 Å². The molecule has 3 aromatic rings. The van der Waals surface area contributed by atoms with Crippen molar-refractivity contribution in [2.75, 3.05) is 16.5 Å². The summed E-state index contributed by atoms with van der Waals surface area (Å²) < 4.78 is 1.74. The zero-order valence-electron chi connectivity index (χ0n) is 17.6. The summed E-state index contributed by atoms with van der Waals surface area (Å²) in [5.74, 6) is 0.178. The zero-order valence-corrected chi connectivity index (χ0v) is 17.6. The van der Waals surface area contributed by atoms with Gasteiger partial charge in [0.25, 0.3) is 5.56 Å². The quantitative estimate of drug-likeness (QED) is 0.671. The van der Waals surface area contributed by atoms with Gasteiger partial charge in [-0.05, 0) is 37.6 Å². The Morgan fingerprint density at radius 2 is 1.70 bits per heavy atom. The van der Waals surface area contributed by atoms with E-state index in [1.54, 1.807) is 4.57 Å². The Morgan fingerprint density at radius 1 is 1.03 bits per heavy atom. The summed E-state index contributed by atoms with van der Waals surface area (Å²) in [7, 11) is 1.84. The lowest BCUT2D eigenvalue weighted by molar-refractivity contribution is 0.541. The van der Waals surface area contributed by atoms with Crippen molar-refractivity contribution in [3.63, 3.8) is 0 Å². The van der Waals surface area contributed by atoms with Gasteiger partial charge in [-0.25, -0.2) is 0 Å². The summed E-state index contributed by atoms with van der Waals surface area (Å²) in [6.45, 7) is 5.82. The van der Waals surface area contributed by atoms with Crippen LogP contribution < -0.4 is 15.5 Å². The molecule has 2 atom stereocenters. The smallest absolute Gasteiger partial charge is 0.261 e. The fraction of sp³-hybridized carbons (Fsp3) is 0.280. The van der Waals surface area contributed by atoms with Crippen LogP contribution in [0.1, 0.15) is 23.7 Å². The molecular formula is C25H26N4O. The molecule has 0 spiro atoms. The molecule has 5 heteroatoms. The summed E-state index contributed by atoms with van der Waals surface area (Å²) >= 11 is 0. The number of anilines is 2. The molecular weight excluding hydrogens is 372 g/mol. The largest absolute Gasteiger partial charge is 0.366 e. The Kier molecular flexibility index (Phi) is 4.46. The van der Waals surface area contributed by atoms with Crippen molar-refractivity contribution in [1.29, 1.82) is 0 Å². The van der Waals surface area contributed by atoms with Crippen molar-refractivity contribution in [3.8, 4) is 0 Å². The lowest BCUT2D eigenvalue weighted by Crippen LogP contribution is -2.46. The summed E-state index contributed by atoms with van der Waals surface area (Å²) in [6.07, 6.45) is 0. The fourth-order valence-electron chi connectivity index (χ4n) is 4.61. The second-order valence-corrected chi connectivity index (χ2v) is 8.29. The van der Waals surface area contributed by atoms with E-state index < -0.39 is 0 Å². The predicted molar refractivity (Wildman–Crippen MR) is 122 cm³/mol. The van der Waals surface area contributed by atoms with E-state index in [-0.39, 0.29) is 17.5 Å². The van der Waals surface area contributed by atoms with Crippen LogP contribution in [0.25, 0.3) is 0 Å². The third-order valence-corrected chi connectivity index (χ3v) is 6.43. The maximum Gasteiger partial charge on any atom is 0.261 e. The number of nitrogens with zero attached hydrogens (tertiary/aromatic N) is 4. The van der Waals surface area contributed by atoms with Crippen molar-refractivity contribution < 1.29 is 0 Å². The molecule has 0 amide bonds. The minimum atomic E-state index is 0.0358. The van der Waals surface area contributed by atoms with Gasteiger partial charge < -0.3 is 9.47 Å². The van der Waals surface area contributed by atoms with Gasteiger partial charge in [0.15, 0.2) is 0 Å². The average Bonchev–Trinajstić information content (AvgIpc) is 3.09. The molecule has 0 saturated heterocycles. The number of aromatic nitrogens is 1. The van der Waals surface area contributed by atoms with E-state index >= 15 is 0 Å². The number of hydrazone groups is 1. The van der Waals surface area contributed by atoms with Crippen molar-refractivity contribution >= 4 is 17.1 Å². The summed E-state index contributed by atoms with van der Waals surface area (Å²) in [6, 6.07) is 23.0. The molecule has 2 aliphatic heterocycles. The Hall–Kier alpha value is -3.34. The van der Waals surface area contributed by atoms with Crippen LogP contribution in [0.3, 0.4) is 0 Å². The maximum absolute atomic E-state index is 13.4. The number of hydrogen-bond acceptors (Lipinski definition) is 4. The van der Waals surface area contributed by atoms with E-state index in [2.05, 4.69) is 59.3 Å². The topological polar surface area (TPSA) is 40.8 Å². The SMILES string of the molecule is Cc1cc2c(c(=O)n1C)C1=NN(c3ccccc3)[C@@H](C)[C@H]1CN2Cc1ccccc1. The fourth-order valence-corrected chi connectivity index (χ4v) is 4.61. The van der Waals surface area contributed by atoms with Crippen LogP contribution in [0.4, 0.5) is 11.4 Å². The number of benzene rings is 2. The predicted octanol–water partition coefficient (Wildman–Crippen LogP) is 3.94. The van der Waals surface area contributed by atoms with Crippen molar-refractivity contribution in [3.05, 3.63) is 93.9 Å². The maximum atomic E-state index is 13.4. The molecule has 152 valence electrons. The van der Waals surface area contributed by atoms with Gasteiger partial charge in [-0.2, -0.15) is 5.10 Å². The van der Waals surface area contributed by atoms with Gasteiger partial charge in [0.2, 0.25) is 0 Å². The van der Waals surface area contributed by atoms with E-state index in [1.807, 2.05) is 38.2 Å². The first-order valence-electron chi connectivity index (χ1n) is 10.5. The average molecular weight is 399 g/mol. The van der Waals surface area contributed by atoms with Crippen molar-refractivity contribution in [2.24, 2.45) is 18.1 Å². The molecule has 0 unspecified atom stereocenters. The minimum Gasteiger partial charge on any atom is -0.366 e. The molecule has 0 aliphatic carbocycles. The first-order chi connectivity index (χ1) is 14.5. The lowest BCUT2D eigenvalue weighted by Gasteiger charge is -2.37. The van der Waals surface area contributed by atoms with Crippen LogP contribution in [0.15, 0.2) is 76.6 Å². The molecule has 2 aliphatic rings. The molecule has 0 fully saturated rings. The monoisotopic (exact) mass is 398 g/mol. The van der Waals surface area contributed by atoms with Gasteiger partial charge in [-0.3, -0.25) is 9.80 Å². The summed E-state index contributed by atoms with van der Waals surface area (Å²) in [5.41, 5.74) is 5.97. The van der Waals surface area contributed by atoms with E-state index in [1.165, 1.54) is 5.56 Å². The molecule has 0 saturated carbocycles. The second kappa shape index (κ2) is 7.17. The first-order valence-corrected chi connectivity index (χ1v) is 10.5. The first kappa shape index (κ1) is 18.7. The highest BCUT2D eigenvalue weighted by atomic mass is 16.1. The van der Waals surface area contributed by atoms with Crippen LogP contribution in [-0.2, 0) is 13.6 Å². The van der Waals surface area contributed by atoms with E-state index in [9.17, 15) is 4.79 Å². The van der Waals surface area contributed by atoms with Gasteiger partial charge in [0.1, 0.15) is 0 Å². The molecule has 3 heterocycles. The number of para-hydroxylation sites is 1. The normalized spacial score (nSPS) is 20.0. The zero-order chi connectivity index (χ0) is 20.8. The van der Waals surface area contributed by atoms with Crippen LogP contribution in [-0.4, -0.2) is 22.9 Å². The molecule has 30 heavy (non-hydrogen) atoms. The summed E-state index contributed by atoms with van der Waals surface area (Å²) in [4.78, 5) is 15.7. The second-order valence-electron chi connectivity index (χ2n) is 8.29. The summed E-state index contributed by atoms with van der Waals surface area (Å²) in [5, 5.41) is 7.06. The van der Waals surface area contributed by atoms with Crippen LogP contribution in [0.2, 0.25) is 0 Å². The minimum absolute atomic E-state index is 0.0358. The van der Waals surface area contributed by atoms with E-state index in [0.29, 0.717) is 0 Å². The Labute approximate surface area is 176 Å². The Bertz CT molecular complexity index is 1170. The molecule has 5 rings (SSSR count). The van der Waals surface area contributed by atoms with E-state index in [4.69, 9.17) is 5.10 Å². The van der Waals surface area contributed by atoms with Crippen LogP contribution in [0.5, 0.6) is 0 Å². The number of rotatable bonds is 3. The molecule has 0 bridgehead atoms. The van der Waals surface area contributed by atoms with Crippen LogP contribution in [0, 0.1) is 12.8 Å². The standard InChI is InChI=1S/C25H26N4O/c1-17-14-22-23(25(30)27(17)3)24-21(16-28(22)15-19-10-6-4-7-11-19)18(2)29(26-24)20-12-8-5-9-13-20/h4-14,18,21H,15-16H2,1-3H3/t18-,21+/m0/s1. The highest BCUT2D eigenvalue weighted by Crippen LogP contribution is 2.38. The highest BCUT2D eigenvalue weighted by Gasteiger charge is 2.43. The van der Waals surface area contributed by atoms with Crippen molar-refractivity contribution in [1.82, 2.24) is 4.57 Å². The van der Waals surface area contributed by atoms with Gasteiger partial charge in [-0.1, -0.05) is 48.5 Å². The molecule has 0 N–H and O–H groups in total. The number of aryl methyl sites for hydroxylation is 1.